The van der Waals surface area contributed by atoms with E-state index >= 15 is 0 Å². The van der Waals surface area contributed by atoms with E-state index in [9.17, 15) is 9.18 Å². The number of nitrogens with two attached hydrogens (primary N) is 1. The van der Waals surface area contributed by atoms with Crippen molar-refractivity contribution in [2.24, 2.45) is 0 Å². The third kappa shape index (κ3) is 1.96. The Morgan fingerprint density at radius 1 is 1.40 bits per heavy atom. The van der Waals surface area contributed by atoms with Crippen molar-refractivity contribution in [3.05, 3.63) is 39.6 Å². The summed E-state index contributed by atoms with van der Waals surface area (Å²) < 4.78 is 26.6. The molecular formula is C10H5ClFN5O2S. The van der Waals surface area contributed by atoms with Crippen molar-refractivity contribution in [3.8, 4) is 17.2 Å². The average Bonchev–Trinajstić information content (AvgIpc) is 2.99. The summed E-state index contributed by atoms with van der Waals surface area (Å²) in [6.07, 6.45) is 0. The molecule has 0 radical (unpaired) electrons. The van der Waals surface area contributed by atoms with Gasteiger partial charge >= 0.3 is 5.76 Å². The largest absolute Gasteiger partial charge is 0.446 e. The molecule has 102 valence electrons. The molecule has 10 heteroatoms. The molecule has 0 spiro atoms. The van der Waals surface area contributed by atoms with Crippen LogP contribution in [-0.4, -0.2) is 18.5 Å². The van der Waals surface area contributed by atoms with E-state index in [1.165, 1.54) is 12.1 Å². The molecule has 0 atom stereocenters. The summed E-state index contributed by atoms with van der Waals surface area (Å²) in [5, 5.41) is 3.48. The van der Waals surface area contributed by atoms with Gasteiger partial charge in [-0.1, -0.05) is 16.8 Å². The molecule has 0 fully saturated rings. The molecule has 3 aromatic rings. The van der Waals surface area contributed by atoms with E-state index in [0.29, 0.717) is 0 Å². The Balaban J connectivity index is 2.24. The molecule has 0 unspecified atom stereocenters. The topological polar surface area (TPSA) is 99.8 Å². The summed E-state index contributed by atoms with van der Waals surface area (Å²) in [5.41, 5.74) is 6.13. The molecule has 2 heterocycles. The Morgan fingerprint density at radius 2 is 2.20 bits per heavy atom. The van der Waals surface area contributed by atoms with Gasteiger partial charge in [0.25, 0.3) is 0 Å². The van der Waals surface area contributed by atoms with E-state index in [2.05, 4.69) is 18.4 Å². The molecule has 2 aromatic heterocycles. The highest BCUT2D eigenvalue weighted by Gasteiger charge is 2.20. The van der Waals surface area contributed by atoms with E-state index in [1.807, 2.05) is 0 Å². The fraction of sp³-hybridized carbons (Fsp3) is 0. The van der Waals surface area contributed by atoms with Crippen LogP contribution in [0.1, 0.15) is 0 Å². The lowest BCUT2D eigenvalue weighted by atomic mass is 10.3. The van der Waals surface area contributed by atoms with Crippen LogP contribution in [-0.2, 0) is 0 Å². The Kier molecular flexibility index (Phi) is 2.99. The van der Waals surface area contributed by atoms with Crippen molar-refractivity contribution >= 4 is 29.1 Å². The van der Waals surface area contributed by atoms with Gasteiger partial charge in [-0.05, 0) is 18.2 Å². The SMILES string of the molecule is Nc1nsnc1-c1noc(=O)n1-c1ccc(F)c(Cl)c1. The standard InChI is InChI=1S/C10H5ClFN5O2S/c11-5-3-4(1-2-6(5)12)17-9(14-19-10(17)18)7-8(13)16-20-15-7/h1-3H,(H2,13,16). The normalized spacial score (nSPS) is 10.9. The monoisotopic (exact) mass is 313 g/mol. The molecule has 0 amide bonds. The summed E-state index contributed by atoms with van der Waals surface area (Å²) in [5.74, 6) is -1.18. The second-order valence-corrected chi connectivity index (χ2v) is 4.64. The minimum absolute atomic E-state index is 0.0731. The number of hydrogen-bond donors (Lipinski definition) is 1. The van der Waals surface area contributed by atoms with Gasteiger partial charge in [-0.2, -0.15) is 8.75 Å². The van der Waals surface area contributed by atoms with E-state index in [0.717, 1.165) is 22.4 Å². The molecule has 0 aliphatic rings. The Bertz CT molecular complexity index is 842. The molecule has 3 rings (SSSR count). The van der Waals surface area contributed by atoms with Gasteiger partial charge in [0.1, 0.15) is 5.82 Å². The fourth-order valence-electron chi connectivity index (χ4n) is 1.60. The Hall–Kier alpha value is -2.26. The molecule has 1 aromatic carbocycles. The Labute approximate surface area is 119 Å². The van der Waals surface area contributed by atoms with Gasteiger partial charge in [-0.3, -0.25) is 4.52 Å². The van der Waals surface area contributed by atoms with Gasteiger partial charge in [0.2, 0.25) is 5.82 Å². The average molecular weight is 314 g/mol. The highest BCUT2D eigenvalue weighted by molar-refractivity contribution is 6.99. The summed E-state index contributed by atoms with van der Waals surface area (Å²) in [7, 11) is 0. The van der Waals surface area contributed by atoms with Gasteiger partial charge in [-0.25, -0.2) is 13.8 Å². The van der Waals surface area contributed by atoms with E-state index in [-0.39, 0.29) is 28.0 Å². The van der Waals surface area contributed by atoms with Crippen LogP contribution in [0.15, 0.2) is 27.5 Å². The van der Waals surface area contributed by atoms with E-state index < -0.39 is 11.6 Å². The van der Waals surface area contributed by atoms with Crippen molar-refractivity contribution in [1.29, 1.82) is 0 Å². The minimum Gasteiger partial charge on any atom is -0.381 e. The van der Waals surface area contributed by atoms with Crippen molar-refractivity contribution in [2.75, 3.05) is 5.73 Å². The second kappa shape index (κ2) is 4.69. The third-order valence-electron chi connectivity index (χ3n) is 2.49. The summed E-state index contributed by atoms with van der Waals surface area (Å²) >= 11 is 6.57. The van der Waals surface area contributed by atoms with Crippen molar-refractivity contribution < 1.29 is 8.91 Å². The smallest absolute Gasteiger partial charge is 0.381 e. The molecule has 0 saturated heterocycles. The first-order valence-corrected chi connectivity index (χ1v) is 6.31. The summed E-state index contributed by atoms with van der Waals surface area (Å²) in [6, 6.07) is 3.76. The molecule has 2 N–H and O–H groups in total. The highest BCUT2D eigenvalue weighted by atomic mass is 35.5. The molecule has 20 heavy (non-hydrogen) atoms. The maximum Gasteiger partial charge on any atom is 0.446 e. The van der Waals surface area contributed by atoms with Crippen LogP contribution in [0.5, 0.6) is 0 Å². The van der Waals surface area contributed by atoms with Crippen LogP contribution in [0.2, 0.25) is 5.02 Å². The zero-order valence-corrected chi connectivity index (χ0v) is 11.2. The quantitative estimate of drug-likeness (QED) is 0.773. The van der Waals surface area contributed by atoms with Gasteiger partial charge < -0.3 is 5.73 Å². The molecular weight excluding hydrogens is 309 g/mol. The number of benzene rings is 1. The zero-order valence-electron chi connectivity index (χ0n) is 9.58. The predicted octanol–water partition coefficient (Wildman–Crippen LogP) is 1.72. The van der Waals surface area contributed by atoms with Gasteiger partial charge in [0, 0.05) is 0 Å². The Morgan fingerprint density at radius 3 is 2.85 bits per heavy atom. The number of aromatic nitrogens is 4. The van der Waals surface area contributed by atoms with Crippen LogP contribution in [0.25, 0.3) is 17.2 Å². The third-order valence-corrected chi connectivity index (χ3v) is 3.32. The lowest BCUT2D eigenvalue weighted by Gasteiger charge is -2.03. The summed E-state index contributed by atoms with van der Waals surface area (Å²) in [4.78, 5) is 11.8. The number of nitrogens with zero attached hydrogens (tertiary/aromatic N) is 4. The molecule has 0 saturated carbocycles. The van der Waals surface area contributed by atoms with E-state index in [1.54, 1.807) is 0 Å². The lowest BCUT2D eigenvalue weighted by Crippen LogP contribution is -2.13. The molecule has 0 bridgehead atoms. The maximum atomic E-state index is 13.2. The first-order valence-electron chi connectivity index (χ1n) is 5.20. The highest BCUT2D eigenvalue weighted by Crippen LogP contribution is 2.25. The van der Waals surface area contributed by atoms with Crippen molar-refractivity contribution in [3.63, 3.8) is 0 Å². The summed E-state index contributed by atoms with van der Waals surface area (Å²) in [6.45, 7) is 0. The van der Waals surface area contributed by atoms with Crippen LogP contribution in [0.4, 0.5) is 10.2 Å². The van der Waals surface area contributed by atoms with Crippen LogP contribution >= 0.6 is 23.3 Å². The van der Waals surface area contributed by atoms with Gasteiger partial charge in [-0.15, -0.1) is 0 Å². The van der Waals surface area contributed by atoms with Crippen LogP contribution in [0, 0.1) is 5.82 Å². The lowest BCUT2D eigenvalue weighted by molar-refractivity contribution is 0.383. The molecule has 7 nitrogen and oxygen atoms in total. The van der Waals surface area contributed by atoms with Crippen LogP contribution in [0.3, 0.4) is 0 Å². The molecule has 0 aliphatic carbocycles. The van der Waals surface area contributed by atoms with Crippen molar-refractivity contribution in [2.45, 2.75) is 0 Å². The van der Waals surface area contributed by atoms with Gasteiger partial charge in [0.15, 0.2) is 11.5 Å². The second-order valence-electron chi connectivity index (χ2n) is 3.70. The number of halogens is 2. The van der Waals surface area contributed by atoms with Gasteiger partial charge in [0.05, 0.1) is 22.4 Å². The zero-order chi connectivity index (χ0) is 14.3. The predicted molar refractivity (Wildman–Crippen MR) is 70.4 cm³/mol. The molecule has 0 aliphatic heterocycles. The first kappa shape index (κ1) is 12.8. The number of hydrogen-bond acceptors (Lipinski definition) is 7. The van der Waals surface area contributed by atoms with Crippen molar-refractivity contribution in [1.82, 2.24) is 18.5 Å². The number of rotatable bonds is 2. The maximum absolute atomic E-state index is 13.2. The first-order chi connectivity index (χ1) is 9.58. The fourth-order valence-corrected chi connectivity index (χ4v) is 2.25. The number of anilines is 1. The van der Waals surface area contributed by atoms with E-state index in [4.69, 9.17) is 17.3 Å². The minimum atomic E-state index is -0.768. The number of nitrogen functional groups attached to an aromatic ring is 1. The van der Waals surface area contributed by atoms with Crippen LogP contribution < -0.4 is 11.5 Å².